The van der Waals surface area contributed by atoms with E-state index in [0.717, 1.165) is 18.4 Å². The van der Waals surface area contributed by atoms with E-state index in [1.165, 1.54) is 32.1 Å². The first-order valence-electron chi connectivity index (χ1n) is 6.45. The van der Waals surface area contributed by atoms with Crippen LogP contribution in [0.25, 0.3) is 0 Å². The van der Waals surface area contributed by atoms with Gasteiger partial charge < -0.3 is 4.57 Å². The topological polar surface area (TPSA) is 37.8 Å². The van der Waals surface area contributed by atoms with Gasteiger partial charge in [-0.2, -0.15) is 0 Å². The van der Waals surface area contributed by atoms with E-state index in [-0.39, 0.29) is 5.56 Å². The standard InChI is InChI=1S/C13H20N2OS/c1-10-3-2-4-11(9-10)5-7-15-8-6-12(16)14-13(15)17/h6,8,10-11H,2-5,7,9H2,1H3,(H,14,16,17). The Morgan fingerprint density at radius 1 is 1.53 bits per heavy atom. The largest absolute Gasteiger partial charge is 0.325 e. The zero-order chi connectivity index (χ0) is 12.3. The number of nitrogens with one attached hydrogen (secondary N) is 1. The summed E-state index contributed by atoms with van der Waals surface area (Å²) < 4.78 is 2.51. The Morgan fingerprint density at radius 2 is 2.35 bits per heavy atom. The van der Waals surface area contributed by atoms with Crippen molar-refractivity contribution in [2.24, 2.45) is 11.8 Å². The molecule has 0 aromatic carbocycles. The van der Waals surface area contributed by atoms with Crippen LogP contribution in [0.15, 0.2) is 17.1 Å². The Hall–Kier alpha value is -0.900. The predicted molar refractivity (Wildman–Crippen MR) is 71.6 cm³/mol. The number of hydrogen-bond donors (Lipinski definition) is 1. The molecular weight excluding hydrogens is 232 g/mol. The van der Waals surface area contributed by atoms with Crippen molar-refractivity contribution in [1.29, 1.82) is 0 Å². The molecule has 0 bridgehead atoms. The summed E-state index contributed by atoms with van der Waals surface area (Å²) >= 11 is 5.14. The molecule has 1 aliphatic rings. The minimum absolute atomic E-state index is 0.113. The lowest BCUT2D eigenvalue weighted by molar-refractivity contribution is 0.260. The lowest BCUT2D eigenvalue weighted by Gasteiger charge is -2.26. The second kappa shape index (κ2) is 5.63. The Balaban J connectivity index is 1.93. The highest BCUT2D eigenvalue weighted by Gasteiger charge is 2.18. The summed E-state index contributed by atoms with van der Waals surface area (Å²) in [5.41, 5.74) is -0.113. The zero-order valence-electron chi connectivity index (χ0n) is 10.3. The lowest BCUT2D eigenvalue weighted by Crippen LogP contribution is -2.17. The highest BCUT2D eigenvalue weighted by Crippen LogP contribution is 2.30. The molecular formula is C13H20N2OS. The molecule has 0 amide bonds. The van der Waals surface area contributed by atoms with E-state index >= 15 is 0 Å². The molecule has 1 aliphatic carbocycles. The first-order chi connectivity index (χ1) is 8.15. The van der Waals surface area contributed by atoms with E-state index in [0.29, 0.717) is 4.77 Å². The molecule has 0 saturated heterocycles. The Kier molecular flexibility index (Phi) is 4.15. The van der Waals surface area contributed by atoms with Gasteiger partial charge in [-0.05, 0) is 36.9 Å². The van der Waals surface area contributed by atoms with Gasteiger partial charge in [0, 0.05) is 18.8 Å². The van der Waals surface area contributed by atoms with Crippen molar-refractivity contribution in [2.45, 2.75) is 45.6 Å². The average molecular weight is 252 g/mol. The van der Waals surface area contributed by atoms with Crippen LogP contribution in [0, 0.1) is 16.6 Å². The van der Waals surface area contributed by atoms with Gasteiger partial charge >= 0.3 is 0 Å². The van der Waals surface area contributed by atoms with Crippen LogP contribution in [0.3, 0.4) is 0 Å². The van der Waals surface area contributed by atoms with Crippen LogP contribution in [-0.4, -0.2) is 9.55 Å². The van der Waals surface area contributed by atoms with Crippen LogP contribution in [0.4, 0.5) is 0 Å². The maximum absolute atomic E-state index is 11.1. The third-order valence-electron chi connectivity index (χ3n) is 3.72. The van der Waals surface area contributed by atoms with E-state index < -0.39 is 0 Å². The monoisotopic (exact) mass is 252 g/mol. The predicted octanol–water partition coefficient (Wildman–Crippen LogP) is 3.12. The third-order valence-corrected chi connectivity index (χ3v) is 4.06. The first-order valence-corrected chi connectivity index (χ1v) is 6.86. The summed E-state index contributed by atoms with van der Waals surface area (Å²) in [7, 11) is 0. The van der Waals surface area contributed by atoms with Crippen LogP contribution >= 0.6 is 12.2 Å². The molecule has 1 fully saturated rings. The van der Waals surface area contributed by atoms with Gasteiger partial charge in [-0.3, -0.25) is 9.78 Å². The summed E-state index contributed by atoms with van der Waals surface area (Å²) in [4.78, 5) is 13.7. The van der Waals surface area contributed by atoms with Crippen molar-refractivity contribution in [3.8, 4) is 0 Å². The molecule has 1 aromatic heterocycles. The number of nitrogens with zero attached hydrogens (tertiary/aromatic N) is 1. The van der Waals surface area contributed by atoms with Gasteiger partial charge in [0.05, 0.1) is 0 Å². The molecule has 94 valence electrons. The number of H-pyrrole nitrogens is 1. The quantitative estimate of drug-likeness (QED) is 0.839. The van der Waals surface area contributed by atoms with E-state index in [9.17, 15) is 4.79 Å². The molecule has 2 atom stereocenters. The minimum atomic E-state index is -0.113. The smallest absolute Gasteiger partial charge is 0.251 e. The molecule has 1 saturated carbocycles. The van der Waals surface area contributed by atoms with E-state index in [4.69, 9.17) is 12.2 Å². The maximum Gasteiger partial charge on any atom is 0.251 e. The second-order valence-corrected chi connectivity index (χ2v) is 5.62. The number of aromatic amines is 1. The summed E-state index contributed by atoms with van der Waals surface area (Å²) in [6.45, 7) is 3.27. The molecule has 0 spiro atoms. The van der Waals surface area contributed by atoms with E-state index in [1.54, 1.807) is 12.3 Å². The molecule has 4 heteroatoms. The summed E-state index contributed by atoms with van der Waals surface area (Å²) in [5.74, 6) is 1.70. The molecule has 2 rings (SSSR count). The molecule has 0 aliphatic heterocycles. The molecule has 1 heterocycles. The fraction of sp³-hybridized carbons (Fsp3) is 0.692. The fourth-order valence-corrected chi connectivity index (χ4v) is 3.02. The van der Waals surface area contributed by atoms with Gasteiger partial charge in [-0.15, -0.1) is 0 Å². The van der Waals surface area contributed by atoms with Gasteiger partial charge in [0.25, 0.3) is 5.56 Å². The summed E-state index contributed by atoms with van der Waals surface area (Å²) in [5, 5.41) is 0. The van der Waals surface area contributed by atoms with Crippen molar-refractivity contribution >= 4 is 12.2 Å². The van der Waals surface area contributed by atoms with Gasteiger partial charge in [-0.1, -0.05) is 26.2 Å². The summed E-state index contributed by atoms with van der Waals surface area (Å²) in [6, 6.07) is 1.54. The fourth-order valence-electron chi connectivity index (χ4n) is 2.76. The number of rotatable bonds is 3. The molecule has 17 heavy (non-hydrogen) atoms. The minimum Gasteiger partial charge on any atom is -0.325 e. The Labute approximate surface area is 107 Å². The lowest BCUT2D eigenvalue weighted by atomic mass is 9.81. The zero-order valence-corrected chi connectivity index (χ0v) is 11.1. The number of aryl methyl sites for hydroxylation is 1. The maximum atomic E-state index is 11.1. The van der Waals surface area contributed by atoms with Gasteiger partial charge in [0.2, 0.25) is 0 Å². The Morgan fingerprint density at radius 3 is 3.06 bits per heavy atom. The van der Waals surface area contributed by atoms with Crippen molar-refractivity contribution in [1.82, 2.24) is 9.55 Å². The first kappa shape index (κ1) is 12.6. The van der Waals surface area contributed by atoms with Gasteiger partial charge in [0.1, 0.15) is 0 Å². The molecule has 3 nitrogen and oxygen atoms in total. The van der Waals surface area contributed by atoms with Crippen molar-refractivity contribution in [3.63, 3.8) is 0 Å². The van der Waals surface area contributed by atoms with Crippen LogP contribution in [0.1, 0.15) is 39.0 Å². The van der Waals surface area contributed by atoms with Crippen LogP contribution in [-0.2, 0) is 6.54 Å². The van der Waals surface area contributed by atoms with Gasteiger partial charge in [-0.25, -0.2) is 0 Å². The van der Waals surface area contributed by atoms with Crippen molar-refractivity contribution in [3.05, 3.63) is 27.4 Å². The van der Waals surface area contributed by atoms with E-state index in [1.807, 2.05) is 4.57 Å². The molecule has 1 aromatic rings. The van der Waals surface area contributed by atoms with Crippen LogP contribution in [0.2, 0.25) is 0 Å². The Bertz CT molecular complexity index is 477. The number of aromatic nitrogens is 2. The number of hydrogen-bond acceptors (Lipinski definition) is 2. The van der Waals surface area contributed by atoms with Crippen LogP contribution in [0.5, 0.6) is 0 Å². The third kappa shape index (κ3) is 3.53. The normalized spacial score (nSPS) is 24.8. The highest BCUT2D eigenvalue weighted by atomic mass is 32.1. The highest BCUT2D eigenvalue weighted by molar-refractivity contribution is 7.71. The molecule has 0 radical (unpaired) electrons. The average Bonchev–Trinajstić information content (AvgIpc) is 2.28. The van der Waals surface area contributed by atoms with Crippen molar-refractivity contribution in [2.75, 3.05) is 0 Å². The van der Waals surface area contributed by atoms with E-state index in [2.05, 4.69) is 11.9 Å². The summed E-state index contributed by atoms with van der Waals surface area (Å²) in [6.07, 6.45) is 8.41. The van der Waals surface area contributed by atoms with Crippen LogP contribution < -0.4 is 5.56 Å². The van der Waals surface area contributed by atoms with Crippen molar-refractivity contribution < 1.29 is 0 Å². The molecule has 1 N–H and O–H groups in total. The SMILES string of the molecule is CC1CCCC(CCn2ccc(=O)[nH]c2=S)C1. The van der Waals surface area contributed by atoms with Gasteiger partial charge in [0.15, 0.2) is 4.77 Å². The second-order valence-electron chi connectivity index (χ2n) is 5.23. The molecule has 2 unspecified atom stereocenters.